The van der Waals surface area contributed by atoms with Crippen LogP contribution in [0.5, 0.6) is 0 Å². The molecule has 1 aliphatic rings. The van der Waals surface area contributed by atoms with Crippen LogP contribution in [0.15, 0.2) is 53.5 Å². The Bertz CT molecular complexity index is 1370. The van der Waals surface area contributed by atoms with Gasteiger partial charge in [0.25, 0.3) is 0 Å². The Hall–Kier alpha value is -4.07. The summed E-state index contributed by atoms with van der Waals surface area (Å²) in [6.07, 6.45) is 1.32. The van der Waals surface area contributed by atoms with E-state index < -0.39 is 5.97 Å². The summed E-state index contributed by atoms with van der Waals surface area (Å²) in [4.78, 5) is 16.7. The van der Waals surface area contributed by atoms with Gasteiger partial charge in [-0.15, -0.1) is 10.2 Å². The smallest absolute Gasteiger partial charge is 0.337 e. The summed E-state index contributed by atoms with van der Waals surface area (Å²) in [6.45, 7) is 2.01. The molecule has 0 unspecified atom stereocenters. The lowest BCUT2D eigenvalue weighted by Crippen LogP contribution is -2.14. The number of carbonyl (C=O) groups excluding carboxylic acids is 1. The van der Waals surface area contributed by atoms with Crippen LogP contribution in [0.1, 0.15) is 34.2 Å². The zero-order valence-corrected chi connectivity index (χ0v) is 17.2. The van der Waals surface area contributed by atoms with Gasteiger partial charge in [-0.2, -0.15) is 9.61 Å². The molecule has 2 aromatic heterocycles. The van der Waals surface area contributed by atoms with Gasteiger partial charge in [-0.25, -0.2) is 4.79 Å². The van der Waals surface area contributed by atoms with E-state index in [1.54, 1.807) is 22.7 Å². The van der Waals surface area contributed by atoms with Gasteiger partial charge in [0, 0.05) is 6.42 Å². The number of carbonyl (C=O) groups is 1. The number of nitrogens with zero attached hydrogens (tertiary/aromatic N) is 5. The number of fused-ring (bicyclic) bond motifs is 2. The van der Waals surface area contributed by atoms with Crippen LogP contribution in [0.4, 0.5) is 11.5 Å². The van der Waals surface area contributed by atoms with E-state index in [0.717, 1.165) is 33.8 Å². The molecule has 0 amide bonds. The third-order valence-corrected chi connectivity index (χ3v) is 5.43. The number of rotatable bonds is 4. The van der Waals surface area contributed by atoms with Crippen LogP contribution in [0.25, 0.3) is 16.8 Å². The van der Waals surface area contributed by atoms with Crippen molar-refractivity contribution in [2.24, 2.45) is 4.99 Å². The van der Waals surface area contributed by atoms with Gasteiger partial charge in [-0.3, -0.25) is 4.99 Å². The van der Waals surface area contributed by atoms with E-state index in [0.29, 0.717) is 35.6 Å². The summed E-state index contributed by atoms with van der Waals surface area (Å²) >= 11 is 0. The maximum absolute atomic E-state index is 12.0. The Balaban J connectivity index is 1.64. The molecule has 4 aromatic rings. The monoisotopic (exact) mass is 412 g/mol. The minimum Gasteiger partial charge on any atom is -0.465 e. The Morgan fingerprint density at radius 1 is 1.16 bits per heavy atom. The molecule has 0 saturated heterocycles. The van der Waals surface area contributed by atoms with Crippen molar-refractivity contribution in [3.63, 3.8) is 0 Å². The number of aryl methyl sites for hydroxylation is 1. The van der Waals surface area contributed by atoms with Crippen molar-refractivity contribution in [1.82, 2.24) is 19.8 Å². The van der Waals surface area contributed by atoms with Crippen molar-refractivity contribution in [3.05, 3.63) is 71.0 Å². The van der Waals surface area contributed by atoms with Crippen LogP contribution < -0.4 is 5.73 Å². The maximum atomic E-state index is 12.0. The summed E-state index contributed by atoms with van der Waals surface area (Å²) in [5, 5.41) is 13.6. The van der Waals surface area contributed by atoms with Crippen LogP contribution in [-0.4, -0.2) is 38.6 Å². The maximum Gasteiger partial charge on any atom is 0.337 e. The first kappa shape index (κ1) is 18.9. The van der Waals surface area contributed by atoms with E-state index in [4.69, 9.17) is 15.6 Å². The number of hydrogen-bond donors (Lipinski definition) is 1. The Morgan fingerprint density at radius 2 is 2.00 bits per heavy atom. The second-order valence-corrected chi connectivity index (χ2v) is 7.28. The average molecular weight is 412 g/mol. The molecular formula is C23H20N6O2. The molecule has 0 atom stereocenters. The molecule has 0 bridgehead atoms. The van der Waals surface area contributed by atoms with E-state index in [1.165, 1.54) is 7.11 Å². The summed E-state index contributed by atoms with van der Waals surface area (Å²) in [5.41, 5.74) is 13.3. The lowest BCUT2D eigenvalue weighted by molar-refractivity contribution is 0.0601. The molecule has 8 heteroatoms. The quantitative estimate of drug-likeness (QED) is 0.515. The summed E-state index contributed by atoms with van der Waals surface area (Å²) < 4.78 is 6.47. The number of methoxy groups -OCH3 is 1. The first-order valence-corrected chi connectivity index (χ1v) is 9.99. The molecule has 0 fully saturated rings. The minimum atomic E-state index is -0.400. The fraction of sp³-hybridized carbons (Fsp3) is 0.174. The van der Waals surface area contributed by atoms with Crippen LogP contribution in [-0.2, 0) is 17.6 Å². The second kappa shape index (κ2) is 7.32. The molecule has 1 aliphatic heterocycles. The van der Waals surface area contributed by atoms with Gasteiger partial charge in [-0.05, 0) is 35.7 Å². The topological polar surface area (TPSA) is 108 Å². The van der Waals surface area contributed by atoms with Crippen molar-refractivity contribution in [1.29, 1.82) is 0 Å². The van der Waals surface area contributed by atoms with E-state index in [2.05, 4.69) is 15.2 Å². The number of esters is 1. The van der Waals surface area contributed by atoms with Gasteiger partial charge in [0.1, 0.15) is 5.69 Å². The fourth-order valence-corrected chi connectivity index (χ4v) is 3.90. The summed E-state index contributed by atoms with van der Waals surface area (Å²) in [5.74, 6) is -0.00954. The average Bonchev–Trinajstić information content (AvgIpc) is 3.40. The van der Waals surface area contributed by atoms with Crippen molar-refractivity contribution >= 4 is 28.8 Å². The Morgan fingerprint density at radius 3 is 2.77 bits per heavy atom. The number of ether oxygens (including phenoxy) is 1. The van der Waals surface area contributed by atoms with Crippen molar-refractivity contribution in [2.75, 3.05) is 12.8 Å². The van der Waals surface area contributed by atoms with Crippen molar-refractivity contribution < 1.29 is 9.53 Å². The number of nitrogens with two attached hydrogens (primary N) is 1. The van der Waals surface area contributed by atoms with Gasteiger partial charge >= 0.3 is 5.97 Å². The van der Waals surface area contributed by atoms with E-state index in [1.807, 2.05) is 37.3 Å². The molecule has 2 N–H and O–H groups in total. The number of benzene rings is 2. The number of hydrogen-bond acceptors (Lipinski definition) is 7. The standard InChI is InChI=1S/C23H20N6O2/c1-3-16-19(14-8-6-9-15(11-14)23(30)31-2)22-27-26-20(21(24)29(22)28-16)18-12-13-7-4-5-10-17(13)25-18/h4-11H,3,12,24H2,1-2H3. The Labute approximate surface area is 178 Å². The largest absolute Gasteiger partial charge is 0.465 e. The SMILES string of the molecule is CCc1nn2c(N)c(C3=Nc4ccccc4C3)nnc2c1-c1cccc(C(=O)OC)c1. The molecule has 154 valence electrons. The highest BCUT2D eigenvalue weighted by molar-refractivity contribution is 6.08. The number of aliphatic imine (C=N–C) groups is 1. The van der Waals surface area contributed by atoms with Gasteiger partial charge < -0.3 is 10.5 Å². The highest BCUT2D eigenvalue weighted by atomic mass is 16.5. The third kappa shape index (κ3) is 3.04. The summed E-state index contributed by atoms with van der Waals surface area (Å²) in [6, 6.07) is 15.2. The van der Waals surface area contributed by atoms with E-state index in [-0.39, 0.29) is 0 Å². The number of para-hydroxylation sites is 1. The highest BCUT2D eigenvalue weighted by Gasteiger charge is 2.24. The lowest BCUT2D eigenvalue weighted by Gasteiger charge is -2.07. The van der Waals surface area contributed by atoms with Crippen LogP contribution in [0.3, 0.4) is 0 Å². The Kier molecular flexibility index (Phi) is 4.47. The number of anilines is 1. The van der Waals surface area contributed by atoms with E-state index in [9.17, 15) is 4.79 Å². The summed E-state index contributed by atoms with van der Waals surface area (Å²) in [7, 11) is 1.36. The van der Waals surface area contributed by atoms with Gasteiger partial charge in [0.15, 0.2) is 11.5 Å². The molecule has 8 nitrogen and oxygen atoms in total. The van der Waals surface area contributed by atoms with Gasteiger partial charge in [-0.1, -0.05) is 37.3 Å². The van der Waals surface area contributed by atoms with Crippen LogP contribution in [0, 0.1) is 0 Å². The fourth-order valence-electron chi connectivity index (χ4n) is 3.90. The zero-order chi connectivity index (χ0) is 21.5. The van der Waals surface area contributed by atoms with Crippen LogP contribution in [0.2, 0.25) is 0 Å². The van der Waals surface area contributed by atoms with Crippen molar-refractivity contribution in [2.45, 2.75) is 19.8 Å². The molecule has 0 saturated carbocycles. The number of aromatic nitrogens is 4. The molecule has 3 heterocycles. The lowest BCUT2D eigenvalue weighted by atomic mass is 10.0. The van der Waals surface area contributed by atoms with Crippen LogP contribution >= 0.6 is 0 Å². The zero-order valence-electron chi connectivity index (χ0n) is 17.2. The first-order chi connectivity index (χ1) is 15.1. The van der Waals surface area contributed by atoms with Gasteiger partial charge in [0.05, 0.1) is 35.3 Å². The normalized spacial score (nSPS) is 12.6. The molecule has 0 aliphatic carbocycles. The minimum absolute atomic E-state index is 0.390. The van der Waals surface area contributed by atoms with E-state index >= 15 is 0 Å². The first-order valence-electron chi connectivity index (χ1n) is 9.99. The van der Waals surface area contributed by atoms with Crippen molar-refractivity contribution in [3.8, 4) is 11.1 Å². The molecule has 5 rings (SSSR count). The predicted octanol–water partition coefficient (Wildman–Crippen LogP) is 3.40. The highest BCUT2D eigenvalue weighted by Crippen LogP contribution is 2.32. The molecule has 2 aromatic carbocycles. The molecule has 0 spiro atoms. The molecule has 0 radical (unpaired) electrons. The second-order valence-electron chi connectivity index (χ2n) is 7.28. The number of nitrogen functional groups attached to an aromatic ring is 1. The predicted molar refractivity (Wildman–Crippen MR) is 118 cm³/mol. The molecular weight excluding hydrogens is 392 g/mol. The molecule has 31 heavy (non-hydrogen) atoms. The van der Waals surface area contributed by atoms with Gasteiger partial charge in [0.2, 0.25) is 0 Å². The third-order valence-electron chi connectivity index (χ3n) is 5.43.